The van der Waals surface area contributed by atoms with E-state index in [9.17, 15) is 4.79 Å². The van der Waals surface area contributed by atoms with Gasteiger partial charge in [0.05, 0.1) is 17.9 Å². The zero-order valence-electron chi connectivity index (χ0n) is 11.0. The lowest BCUT2D eigenvalue weighted by atomic mass is 10.2. The summed E-state index contributed by atoms with van der Waals surface area (Å²) >= 11 is 6.11. The van der Waals surface area contributed by atoms with Gasteiger partial charge < -0.3 is 10.2 Å². The molecule has 1 fully saturated rings. The zero-order chi connectivity index (χ0) is 13.3. The van der Waals surface area contributed by atoms with Crippen molar-refractivity contribution in [2.24, 2.45) is 0 Å². The molecule has 1 N–H and O–H groups in total. The molecule has 0 spiro atoms. The SMILES string of the molecule is CC(C)n1ncc(NC2CCN(C)C2)c(Cl)c1=O. The van der Waals surface area contributed by atoms with E-state index in [1.54, 1.807) is 6.20 Å². The van der Waals surface area contributed by atoms with Gasteiger partial charge in [0.15, 0.2) is 0 Å². The van der Waals surface area contributed by atoms with Gasteiger partial charge in [-0.1, -0.05) is 11.6 Å². The van der Waals surface area contributed by atoms with Gasteiger partial charge in [0, 0.05) is 12.6 Å². The van der Waals surface area contributed by atoms with E-state index < -0.39 is 0 Å². The summed E-state index contributed by atoms with van der Waals surface area (Å²) in [6.45, 7) is 5.84. The number of hydrogen-bond donors (Lipinski definition) is 1. The predicted octanol–water partition coefficient (Wildman–Crippen LogP) is 1.59. The number of anilines is 1. The van der Waals surface area contributed by atoms with Crippen molar-refractivity contribution < 1.29 is 0 Å². The van der Waals surface area contributed by atoms with E-state index in [1.807, 2.05) is 13.8 Å². The number of halogens is 1. The van der Waals surface area contributed by atoms with Crippen LogP contribution in [-0.4, -0.2) is 40.9 Å². The first-order valence-electron chi connectivity index (χ1n) is 6.21. The van der Waals surface area contributed by atoms with Crippen LogP contribution >= 0.6 is 11.6 Å². The van der Waals surface area contributed by atoms with E-state index in [0.717, 1.165) is 19.5 Å². The summed E-state index contributed by atoms with van der Waals surface area (Å²) in [6, 6.07) is 0.352. The molecule has 1 aromatic heterocycles. The lowest BCUT2D eigenvalue weighted by Gasteiger charge is -2.16. The van der Waals surface area contributed by atoms with Gasteiger partial charge in [-0.15, -0.1) is 0 Å². The summed E-state index contributed by atoms with van der Waals surface area (Å²) in [4.78, 5) is 14.2. The van der Waals surface area contributed by atoms with E-state index in [1.165, 1.54) is 4.68 Å². The maximum Gasteiger partial charge on any atom is 0.287 e. The molecule has 1 aliphatic heterocycles. The molecule has 1 aromatic rings. The topological polar surface area (TPSA) is 50.2 Å². The predicted molar refractivity (Wildman–Crippen MR) is 73.4 cm³/mol. The first kappa shape index (κ1) is 13.4. The first-order chi connectivity index (χ1) is 8.49. The van der Waals surface area contributed by atoms with Crippen LogP contribution in [0.3, 0.4) is 0 Å². The van der Waals surface area contributed by atoms with Gasteiger partial charge in [0.1, 0.15) is 5.02 Å². The maximum atomic E-state index is 12.0. The van der Waals surface area contributed by atoms with Crippen LogP contribution in [0.4, 0.5) is 5.69 Å². The number of likely N-dealkylation sites (N-methyl/N-ethyl adjacent to an activating group) is 1. The van der Waals surface area contributed by atoms with Crippen molar-refractivity contribution in [3.8, 4) is 0 Å². The van der Waals surface area contributed by atoms with Crippen LogP contribution in [-0.2, 0) is 0 Å². The Bertz CT molecular complexity index is 485. The third kappa shape index (κ3) is 2.67. The first-order valence-corrected chi connectivity index (χ1v) is 6.59. The maximum absolute atomic E-state index is 12.0. The fraction of sp³-hybridized carbons (Fsp3) is 0.667. The summed E-state index contributed by atoms with van der Waals surface area (Å²) in [5.41, 5.74) is 0.405. The second kappa shape index (κ2) is 5.28. The van der Waals surface area contributed by atoms with Crippen molar-refractivity contribution in [2.75, 3.05) is 25.5 Å². The standard InChI is InChI=1S/C12H19ClN4O/c1-8(2)17-12(18)11(13)10(6-14-17)15-9-4-5-16(3)7-9/h6,8-9,15H,4-5,7H2,1-3H3. The van der Waals surface area contributed by atoms with Gasteiger partial charge in [-0.05, 0) is 33.9 Å². The largest absolute Gasteiger partial charge is 0.378 e. The van der Waals surface area contributed by atoms with Gasteiger partial charge in [-0.3, -0.25) is 4.79 Å². The van der Waals surface area contributed by atoms with Crippen molar-refractivity contribution in [2.45, 2.75) is 32.4 Å². The molecule has 2 rings (SSSR count). The number of nitrogens with one attached hydrogen (secondary N) is 1. The van der Waals surface area contributed by atoms with E-state index in [0.29, 0.717) is 11.7 Å². The van der Waals surface area contributed by atoms with Crippen LogP contribution in [0.1, 0.15) is 26.3 Å². The Labute approximate surface area is 112 Å². The highest BCUT2D eigenvalue weighted by molar-refractivity contribution is 6.32. The van der Waals surface area contributed by atoms with E-state index in [-0.39, 0.29) is 16.6 Å². The van der Waals surface area contributed by atoms with Gasteiger partial charge >= 0.3 is 0 Å². The molecule has 0 aliphatic carbocycles. The summed E-state index contributed by atoms with van der Waals surface area (Å²) in [6.07, 6.45) is 2.70. The molecule has 1 unspecified atom stereocenters. The number of aromatic nitrogens is 2. The van der Waals surface area contributed by atoms with Gasteiger partial charge in [-0.2, -0.15) is 5.10 Å². The minimum Gasteiger partial charge on any atom is -0.378 e. The number of likely N-dealkylation sites (tertiary alicyclic amines) is 1. The van der Waals surface area contributed by atoms with Crippen molar-refractivity contribution in [3.63, 3.8) is 0 Å². The fourth-order valence-electron chi connectivity index (χ4n) is 2.19. The normalized spacial score (nSPS) is 20.6. The Morgan fingerprint density at radius 2 is 2.28 bits per heavy atom. The molecule has 5 nitrogen and oxygen atoms in total. The highest BCUT2D eigenvalue weighted by Crippen LogP contribution is 2.20. The third-order valence-electron chi connectivity index (χ3n) is 3.18. The summed E-state index contributed by atoms with van der Waals surface area (Å²) < 4.78 is 1.40. The van der Waals surface area contributed by atoms with Crippen LogP contribution in [0.15, 0.2) is 11.0 Å². The highest BCUT2D eigenvalue weighted by Gasteiger charge is 2.21. The number of hydrogen-bond acceptors (Lipinski definition) is 4. The summed E-state index contributed by atoms with van der Waals surface area (Å²) in [7, 11) is 2.08. The Kier molecular flexibility index (Phi) is 3.92. The average molecular weight is 271 g/mol. The van der Waals surface area contributed by atoms with E-state index in [4.69, 9.17) is 11.6 Å². The van der Waals surface area contributed by atoms with Crippen molar-refractivity contribution >= 4 is 17.3 Å². The number of nitrogens with zero attached hydrogens (tertiary/aromatic N) is 3. The van der Waals surface area contributed by atoms with Crippen molar-refractivity contribution in [1.82, 2.24) is 14.7 Å². The minimum atomic E-state index is -0.233. The molecular weight excluding hydrogens is 252 g/mol. The Balaban J connectivity index is 2.20. The smallest absolute Gasteiger partial charge is 0.287 e. The Morgan fingerprint density at radius 3 is 2.83 bits per heavy atom. The van der Waals surface area contributed by atoms with Crippen LogP contribution in [0.25, 0.3) is 0 Å². The molecule has 0 saturated carbocycles. The highest BCUT2D eigenvalue weighted by atomic mass is 35.5. The van der Waals surface area contributed by atoms with Crippen molar-refractivity contribution in [3.05, 3.63) is 21.6 Å². The Hall–Kier alpha value is -1.07. The van der Waals surface area contributed by atoms with Crippen LogP contribution in [0.5, 0.6) is 0 Å². The molecule has 1 aliphatic rings. The van der Waals surface area contributed by atoms with Gasteiger partial charge in [-0.25, -0.2) is 4.68 Å². The molecule has 0 bridgehead atoms. The molecule has 0 aromatic carbocycles. The lowest BCUT2D eigenvalue weighted by Crippen LogP contribution is -2.28. The second-order valence-electron chi connectivity index (χ2n) is 5.11. The number of rotatable bonds is 3. The summed E-state index contributed by atoms with van der Waals surface area (Å²) in [5, 5.41) is 7.67. The quantitative estimate of drug-likeness (QED) is 0.906. The zero-order valence-corrected chi connectivity index (χ0v) is 11.7. The van der Waals surface area contributed by atoms with Gasteiger partial charge in [0.25, 0.3) is 5.56 Å². The Morgan fingerprint density at radius 1 is 1.56 bits per heavy atom. The van der Waals surface area contributed by atoms with Crippen LogP contribution in [0.2, 0.25) is 5.02 Å². The molecule has 2 heterocycles. The second-order valence-corrected chi connectivity index (χ2v) is 5.49. The molecule has 100 valence electrons. The molecule has 18 heavy (non-hydrogen) atoms. The molecule has 1 atom stereocenters. The molecule has 0 radical (unpaired) electrons. The average Bonchev–Trinajstić information content (AvgIpc) is 2.70. The van der Waals surface area contributed by atoms with E-state index >= 15 is 0 Å². The van der Waals surface area contributed by atoms with Crippen LogP contribution in [0, 0.1) is 0 Å². The molecule has 0 amide bonds. The fourth-order valence-corrected chi connectivity index (χ4v) is 2.38. The van der Waals surface area contributed by atoms with Crippen molar-refractivity contribution in [1.29, 1.82) is 0 Å². The molecular formula is C12H19ClN4O. The summed E-state index contributed by atoms with van der Waals surface area (Å²) in [5.74, 6) is 0. The minimum absolute atomic E-state index is 0.0154. The molecule has 1 saturated heterocycles. The van der Waals surface area contributed by atoms with Crippen LogP contribution < -0.4 is 10.9 Å². The third-order valence-corrected chi connectivity index (χ3v) is 3.55. The monoisotopic (exact) mass is 270 g/mol. The molecule has 6 heteroatoms. The lowest BCUT2D eigenvalue weighted by molar-refractivity contribution is 0.414. The van der Waals surface area contributed by atoms with Gasteiger partial charge in [0.2, 0.25) is 0 Å². The van der Waals surface area contributed by atoms with E-state index in [2.05, 4.69) is 22.4 Å².